The highest BCUT2D eigenvalue weighted by molar-refractivity contribution is 5.82. The predicted octanol–water partition coefficient (Wildman–Crippen LogP) is 0.869. The van der Waals surface area contributed by atoms with Crippen molar-refractivity contribution in [2.45, 2.75) is 52.6 Å². The summed E-state index contributed by atoms with van der Waals surface area (Å²) in [6.45, 7) is 6.77. The highest BCUT2D eigenvalue weighted by Gasteiger charge is 2.21. The van der Waals surface area contributed by atoms with E-state index in [4.69, 9.17) is 16.1 Å². The largest absolute Gasteiger partial charge is 0.480 e. The molecule has 0 fully saturated rings. The van der Waals surface area contributed by atoms with Crippen LogP contribution >= 0.6 is 0 Å². The van der Waals surface area contributed by atoms with Crippen LogP contribution in [0.5, 0.6) is 0 Å². The molecule has 0 aromatic rings. The lowest BCUT2D eigenvalue weighted by atomic mass is 10.1. The number of rotatable bonds is 5. The van der Waals surface area contributed by atoms with Crippen LogP contribution in [0.3, 0.4) is 0 Å². The lowest BCUT2D eigenvalue weighted by molar-refractivity contribution is -0.142. The average molecular weight is 257 g/mol. The first-order valence-corrected chi connectivity index (χ1v) is 5.88. The summed E-state index contributed by atoms with van der Waals surface area (Å²) < 4.78 is 0. The number of aliphatic carboxylic acids is 1. The molecule has 0 aliphatic heterocycles. The maximum absolute atomic E-state index is 10.5. The first-order valence-electron chi connectivity index (χ1n) is 5.88. The molecule has 0 aromatic carbocycles. The Balaban J connectivity index is 0. The molecule has 0 radical (unpaired) electrons. The van der Waals surface area contributed by atoms with E-state index in [0.717, 1.165) is 6.42 Å². The molecule has 18 heavy (non-hydrogen) atoms. The normalized spacial score (nSPS) is 12.7. The highest BCUT2D eigenvalue weighted by Crippen LogP contribution is 2.00. The van der Waals surface area contributed by atoms with Crippen molar-refractivity contribution < 1.29 is 14.7 Å². The molecule has 0 rings (SSSR count). The minimum Gasteiger partial charge on any atom is -0.480 e. The van der Waals surface area contributed by atoms with Gasteiger partial charge in [0.05, 0.1) is 12.5 Å². The van der Waals surface area contributed by atoms with Crippen LogP contribution in [0.2, 0.25) is 0 Å². The van der Waals surface area contributed by atoms with Crippen molar-refractivity contribution in [1.29, 1.82) is 5.26 Å². The minimum absolute atomic E-state index is 0.0867. The van der Waals surface area contributed by atoms with Gasteiger partial charge < -0.3 is 16.2 Å². The van der Waals surface area contributed by atoms with Gasteiger partial charge in [-0.15, -0.1) is 0 Å². The molecule has 4 N–H and O–H groups in total. The molecular weight excluding hydrogens is 234 g/mol. The molecule has 1 unspecified atom stereocenters. The molecule has 2 atom stereocenters. The minimum atomic E-state index is -0.991. The van der Waals surface area contributed by atoms with Crippen molar-refractivity contribution in [3.63, 3.8) is 0 Å². The molecule has 1 amide bonds. The van der Waals surface area contributed by atoms with Crippen molar-refractivity contribution >= 4 is 11.9 Å². The van der Waals surface area contributed by atoms with E-state index in [0.29, 0.717) is 6.42 Å². The van der Waals surface area contributed by atoms with Gasteiger partial charge in [0.25, 0.3) is 0 Å². The van der Waals surface area contributed by atoms with E-state index in [1.807, 2.05) is 13.0 Å². The van der Waals surface area contributed by atoms with Crippen LogP contribution in [-0.2, 0) is 9.59 Å². The average Bonchev–Trinajstić information content (AvgIpc) is 2.26. The predicted molar refractivity (Wildman–Crippen MR) is 68.6 cm³/mol. The number of carbonyl (C=O) groups is 2. The maximum Gasteiger partial charge on any atom is 0.326 e. The molecule has 0 aliphatic rings. The fourth-order valence-corrected chi connectivity index (χ4v) is 0.994. The van der Waals surface area contributed by atoms with Crippen LogP contribution in [-0.4, -0.2) is 29.1 Å². The van der Waals surface area contributed by atoms with E-state index in [-0.39, 0.29) is 17.9 Å². The number of nitrogens with one attached hydrogen (secondary N) is 1. The Morgan fingerprint density at radius 2 is 1.94 bits per heavy atom. The van der Waals surface area contributed by atoms with Crippen LogP contribution in [0, 0.1) is 17.2 Å². The maximum atomic E-state index is 10.5. The number of nitrogens with two attached hydrogens (primary N) is 1. The molecule has 0 heterocycles. The second-order valence-corrected chi connectivity index (χ2v) is 4.29. The zero-order valence-electron chi connectivity index (χ0n) is 11.4. The molecule has 6 heteroatoms. The first-order chi connectivity index (χ1) is 8.26. The third-order valence-corrected chi connectivity index (χ3v) is 2.17. The first kappa shape index (κ1) is 18.7. The summed E-state index contributed by atoms with van der Waals surface area (Å²) in [5.74, 6) is -1.39. The topological polar surface area (TPSA) is 116 Å². The molecule has 0 aliphatic carbocycles. The molecule has 0 aromatic heterocycles. The zero-order chi connectivity index (χ0) is 14.7. The quantitative estimate of drug-likeness (QED) is 0.675. The van der Waals surface area contributed by atoms with Crippen molar-refractivity contribution in [3.05, 3.63) is 0 Å². The molecule has 6 nitrogen and oxygen atoms in total. The number of amides is 1. The fourth-order valence-electron chi connectivity index (χ4n) is 0.994. The summed E-state index contributed by atoms with van der Waals surface area (Å²) in [5.41, 5.74) is 5.36. The van der Waals surface area contributed by atoms with Crippen LogP contribution in [0.4, 0.5) is 0 Å². The Hall–Kier alpha value is -1.61. The Morgan fingerprint density at radius 3 is 2.06 bits per heavy atom. The van der Waals surface area contributed by atoms with E-state index >= 15 is 0 Å². The lowest BCUT2D eigenvalue weighted by Gasteiger charge is -2.16. The van der Waals surface area contributed by atoms with Gasteiger partial charge in [-0.25, -0.2) is 4.79 Å². The third kappa shape index (κ3) is 10.9. The number of carboxylic acids is 1. The number of nitriles is 1. The van der Waals surface area contributed by atoms with Crippen molar-refractivity contribution in [1.82, 2.24) is 5.32 Å². The summed E-state index contributed by atoms with van der Waals surface area (Å²) in [4.78, 5) is 21.0. The lowest BCUT2D eigenvalue weighted by Crippen LogP contribution is -2.43. The summed E-state index contributed by atoms with van der Waals surface area (Å²) in [5, 5.41) is 19.0. The summed E-state index contributed by atoms with van der Waals surface area (Å²) >= 11 is 0. The Morgan fingerprint density at radius 1 is 1.44 bits per heavy atom. The summed E-state index contributed by atoms with van der Waals surface area (Å²) in [7, 11) is 0. The van der Waals surface area contributed by atoms with E-state index in [1.165, 1.54) is 6.92 Å². The molecule has 0 saturated heterocycles. The number of nitrogens with zero attached hydrogens (tertiary/aromatic N) is 1. The number of hydrogen-bond acceptors (Lipinski definition) is 4. The fraction of sp³-hybridized carbons (Fsp3) is 0.750. The molecule has 0 saturated carbocycles. The molecular formula is C12H23N3O3. The Kier molecular flexibility index (Phi) is 11.0. The molecule has 0 bridgehead atoms. The van der Waals surface area contributed by atoms with Crippen molar-refractivity contribution in [2.75, 3.05) is 0 Å². The van der Waals surface area contributed by atoms with Gasteiger partial charge in [0.15, 0.2) is 0 Å². The van der Waals surface area contributed by atoms with Crippen molar-refractivity contribution in [2.24, 2.45) is 11.7 Å². The van der Waals surface area contributed by atoms with Crippen LogP contribution in [0.1, 0.15) is 40.5 Å². The standard InChI is InChI=1S/C7H13NO3.C5H10N2/c1-4(2)6(7(10)11)8-5(3)9;1-2-5(7)3-4-6/h4,6H,1-3H3,(H,8,9)(H,10,11);5H,2-3,7H2,1H3/t6-;/m0./s1. The van der Waals surface area contributed by atoms with E-state index in [2.05, 4.69) is 5.32 Å². The van der Waals surface area contributed by atoms with E-state index in [9.17, 15) is 9.59 Å². The second kappa shape index (κ2) is 10.5. The van der Waals surface area contributed by atoms with Gasteiger partial charge in [0.2, 0.25) is 5.91 Å². The van der Waals surface area contributed by atoms with E-state index < -0.39 is 12.0 Å². The van der Waals surface area contributed by atoms with Gasteiger partial charge in [0, 0.05) is 13.0 Å². The number of carboxylic acid groups (broad SMARTS) is 1. The smallest absolute Gasteiger partial charge is 0.326 e. The Labute approximate surface area is 108 Å². The van der Waals surface area contributed by atoms with Crippen molar-refractivity contribution in [3.8, 4) is 6.07 Å². The summed E-state index contributed by atoms with van der Waals surface area (Å²) in [6.07, 6.45) is 1.38. The van der Waals surface area contributed by atoms with Gasteiger partial charge in [-0.2, -0.15) is 5.26 Å². The van der Waals surface area contributed by atoms with E-state index in [1.54, 1.807) is 13.8 Å². The van der Waals surface area contributed by atoms with Gasteiger partial charge >= 0.3 is 5.97 Å². The van der Waals surface area contributed by atoms with Crippen LogP contribution < -0.4 is 11.1 Å². The zero-order valence-corrected chi connectivity index (χ0v) is 11.4. The highest BCUT2D eigenvalue weighted by atomic mass is 16.4. The van der Waals surface area contributed by atoms with Gasteiger partial charge in [-0.3, -0.25) is 4.79 Å². The Bertz CT molecular complexity index is 297. The second-order valence-electron chi connectivity index (χ2n) is 4.29. The van der Waals surface area contributed by atoms with Crippen LogP contribution in [0.15, 0.2) is 0 Å². The molecule has 104 valence electrons. The number of hydrogen-bond donors (Lipinski definition) is 3. The van der Waals surface area contributed by atoms with Crippen LogP contribution in [0.25, 0.3) is 0 Å². The number of carbonyl (C=O) groups excluding carboxylic acids is 1. The van der Waals surface area contributed by atoms with Gasteiger partial charge in [0.1, 0.15) is 6.04 Å². The molecule has 0 spiro atoms. The third-order valence-electron chi connectivity index (χ3n) is 2.17. The SMILES string of the molecule is CC(=O)N[C@H](C(=O)O)C(C)C.CCC(N)CC#N. The van der Waals surface area contributed by atoms with Gasteiger partial charge in [-0.1, -0.05) is 20.8 Å². The summed E-state index contributed by atoms with van der Waals surface area (Å²) in [6, 6.07) is 1.31. The van der Waals surface area contributed by atoms with Gasteiger partial charge in [-0.05, 0) is 12.3 Å². The monoisotopic (exact) mass is 257 g/mol.